The number of halogens is 1. The number of nitrogens with one attached hydrogen (secondary N) is 2. The van der Waals surface area contributed by atoms with Crippen LogP contribution in [0.15, 0.2) is 4.99 Å². The summed E-state index contributed by atoms with van der Waals surface area (Å²) in [6.07, 6.45) is 7.05. The van der Waals surface area contributed by atoms with Crippen molar-refractivity contribution < 1.29 is 14.3 Å². The summed E-state index contributed by atoms with van der Waals surface area (Å²) in [6, 6.07) is 0.0918. The fraction of sp³-hybridized carbons (Fsp3) is 0.895. The quantitative estimate of drug-likeness (QED) is 0.256. The molecule has 2 N–H and O–H groups in total. The Morgan fingerprint density at radius 2 is 1.93 bits per heavy atom. The van der Waals surface area contributed by atoms with Gasteiger partial charge >= 0.3 is 6.09 Å². The number of nitrogens with zero attached hydrogens (tertiary/aromatic N) is 2. The zero-order valence-electron chi connectivity index (χ0n) is 17.3. The van der Waals surface area contributed by atoms with Crippen LogP contribution in [0.1, 0.15) is 59.3 Å². The van der Waals surface area contributed by atoms with Gasteiger partial charge in [-0.05, 0) is 46.5 Å². The third-order valence-corrected chi connectivity index (χ3v) is 4.68. The number of ether oxygens (including phenoxy) is 2. The van der Waals surface area contributed by atoms with Crippen LogP contribution in [-0.2, 0) is 9.47 Å². The molecule has 1 saturated heterocycles. The number of amides is 1. The molecule has 1 atom stereocenters. The van der Waals surface area contributed by atoms with Gasteiger partial charge in [0.1, 0.15) is 5.60 Å². The number of guanidine groups is 1. The monoisotopic (exact) mass is 496 g/mol. The van der Waals surface area contributed by atoms with Crippen LogP contribution >= 0.6 is 24.0 Å². The molecule has 2 aliphatic rings. The summed E-state index contributed by atoms with van der Waals surface area (Å²) in [5.41, 5.74) is -0.472. The fourth-order valence-corrected chi connectivity index (χ4v) is 3.45. The molecule has 0 aromatic rings. The van der Waals surface area contributed by atoms with Crippen LogP contribution in [0.4, 0.5) is 4.79 Å². The highest BCUT2D eigenvalue weighted by atomic mass is 127. The summed E-state index contributed by atoms with van der Waals surface area (Å²) in [4.78, 5) is 18.4. The molecule has 1 unspecified atom stereocenters. The van der Waals surface area contributed by atoms with Gasteiger partial charge in [-0.1, -0.05) is 12.8 Å². The summed E-state index contributed by atoms with van der Waals surface area (Å²) in [5, 5.41) is 6.35. The Morgan fingerprint density at radius 3 is 2.56 bits per heavy atom. The van der Waals surface area contributed by atoms with Crippen molar-refractivity contribution in [3.05, 3.63) is 0 Å². The first-order chi connectivity index (χ1) is 12.4. The van der Waals surface area contributed by atoms with Gasteiger partial charge in [0.2, 0.25) is 0 Å². The molecular weight excluding hydrogens is 459 g/mol. The minimum Gasteiger partial charge on any atom is -0.444 e. The van der Waals surface area contributed by atoms with Crippen molar-refractivity contribution in [2.24, 2.45) is 4.99 Å². The molecule has 1 aliphatic heterocycles. The standard InChI is InChI=1S/C19H36N4O3.HI/c1-19(2,3)26-18(24)22-15-10-12-23(14-15)17(20-4)21-11-7-13-25-16-8-5-6-9-16;/h15-16H,5-14H2,1-4H3,(H,20,21)(H,22,24);1H. The van der Waals surface area contributed by atoms with Gasteiger partial charge < -0.3 is 25.0 Å². The Balaban J connectivity index is 0.00000364. The third-order valence-electron chi connectivity index (χ3n) is 4.68. The first kappa shape index (κ1) is 24.3. The topological polar surface area (TPSA) is 75.2 Å². The van der Waals surface area contributed by atoms with E-state index < -0.39 is 5.60 Å². The molecule has 0 aromatic carbocycles. The molecule has 0 radical (unpaired) electrons. The molecule has 27 heavy (non-hydrogen) atoms. The average molecular weight is 496 g/mol. The molecule has 2 rings (SSSR count). The van der Waals surface area contributed by atoms with E-state index >= 15 is 0 Å². The van der Waals surface area contributed by atoms with E-state index in [2.05, 4.69) is 20.5 Å². The second-order valence-electron chi connectivity index (χ2n) is 8.18. The van der Waals surface area contributed by atoms with Gasteiger partial charge in [-0.2, -0.15) is 0 Å². The Morgan fingerprint density at radius 1 is 1.22 bits per heavy atom. The Labute approximate surface area is 181 Å². The van der Waals surface area contributed by atoms with E-state index in [0.29, 0.717) is 6.10 Å². The minimum absolute atomic E-state index is 0. The van der Waals surface area contributed by atoms with E-state index in [4.69, 9.17) is 9.47 Å². The van der Waals surface area contributed by atoms with E-state index in [9.17, 15) is 4.79 Å². The highest BCUT2D eigenvalue weighted by molar-refractivity contribution is 14.0. The van der Waals surface area contributed by atoms with Gasteiger partial charge in [-0.25, -0.2) is 4.79 Å². The number of alkyl carbamates (subject to hydrolysis) is 1. The zero-order chi connectivity index (χ0) is 19.0. The molecule has 0 bridgehead atoms. The lowest BCUT2D eigenvalue weighted by Gasteiger charge is -2.23. The van der Waals surface area contributed by atoms with Gasteiger partial charge in [-0.3, -0.25) is 4.99 Å². The second kappa shape index (κ2) is 11.9. The third kappa shape index (κ3) is 9.32. The molecule has 1 heterocycles. The van der Waals surface area contributed by atoms with E-state index in [1.807, 2.05) is 20.8 Å². The van der Waals surface area contributed by atoms with Gasteiger partial charge in [-0.15, -0.1) is 24.0 Å². The number of rotatable bonds is 6. The summed E-state index contributed by atoms with van der Waals surface area (Å²) in [6.45, 7) is 8.88. The number of likely N-dealkylation sites (tertiary alicyclic amines) is 1. The van der Waals surface area contributed by atoms with E-state index in [-0.39, 0.29) is 36.1 Å². The van der Waals surface area contributed by atoms with Crippen molar-refractivity contribution in [2.75, 3.05) is 33.3 Å². The molecule has 0 aromatic heterocycles. The van der Waals surface area contributed by atoms with Gasteiger partial charge in [0.15, 0.2) is 5.96 Å². The van der Waals surface area contributed by atoms with Crippen molar-refractivity contribution in [3.8, 4) is 0 Å². The average Bonchev–Trinajstić information content (AvgIpc) is 3.21. The molecule has 1 saturated carbocycles. The summed E-state index contributed by atoms with van der Waals surface area (Å²) in [7, 11) is 1.80. The van der Waals surface area contributed by atoms with Crippen molar-refractivity contribution >= 4 is 36.0 Å². The predicted molar refractivity (Wildman–Crippen MR) is 119 cm³/mol. The number of hydrogen-bond donors (Lipinski definition) is 2. The number of hydrogen-bond acceptors (Lipinski definition) is 4. The normalized spacial score (nSPS) is 21.1. The molecule has 1 amide bonds. The first-order valence-electron chi connectivity index (χ1n) is 9.94. The number of carbonyl (C=O) groups is 1. The van der Waals surface area contributed by atoms with E-state index in [0.717, 1.165) is 45.0 Å². The summed E-state index contributed by atoms with van der Waals surface area (Å²) in [5.74, 6) is 0.888. The van der Waals surface area contributed by atoms with Crippen LogP contribution in [0.2, 0.25) is 0 Å². The maximum atomic E-state index is 11.9. The largest absolute Gasteiger partial charge is 0.444 e. The fourth-order valence-electron chi connectivity index (χ4n) is 3.45. The van der Waals surface area contributed by atoms with Crippen LogP contribution in [-0.4, -0.2) is 68.0 Å². The van der Waals surface area contributed by atoms with Crippen LogP contribution in [0, 0.1) is 0 Å². The maximum Gasteiger partial charge on any atom is 0.407 e. The Hall–Kier alpha value is -0.770. The molecular formula is C19H37IN4O3. The Kier molecular flexibility index (Phi) is 10.7. The highest BCUT2D eigenvalue weighted by Crippen LogP contribution is 2.20. The number of carbonyl (C=O) groups excluding carboxylic acids is 1. The molecule has 158 valence electrons. The lowest BCUT2D eigenvalue weighted by atomic mass is 10.2. The maximum absolute atomic E-state index is 11.9. The number of aliphatic imine (C=N–C) groups is 1. The molecule has 8 heteroatoms. The zero-order valence-corrected chi connectivity index (χ0v) is 19.6. The predicted octanol–water partition coefficient (Wildman–Crippen LogP) is 3.13. The minimum atomic E-state index is -0.472. The van der Waals surface area contributed by atoms with Crippen LogP contribution in [0.5, 0.6) is 0 Å². The smallest absolute Gasteiger partial charge is 0.407 e. The van der Waals surface area contributed by atoms with E-state index in [1.54, 1.807) is 7.05 Å². The van der Waals surface area contributed by atoms with Crippen molar-refractivity contribution in [3.63, 3.8) is 0 Å². The molecule has 2 fully saturated rings. The van der Waals surface area contributed by atoms with Crippen molar-refractivity contribution in [1.82, 2.24) is 15.5 Å². The Bertz CT molecular complexity index is 476. The first-order valence-corrected chi connectivity index (χ1v) is 9.94. The second-order valence-corrected chi connectivity index (χ2v) is 8.18. The van der Waals surface area contributed by atoms with Crippen LogP contribution < -0.4 is 10.6 Å². The van der Waals surface area contributed by atoms with Gasteiger partial charge in [0.05, 0.1) is 12.1 Å². The molecule has 1 aliphatic carbocycles. The summed E-state index contributed by atoms with van der Waals surface area (Å²) >= 11 is 0. The molecule has 0 spiro atoms. The lowest BCUT2D eigenvalue weighted by molar-refractivity contribution is 0.0506. The van der Waals surface area contributed by atoms with Crippen molar-refractivity contribution in [1.29, 1.82) is 0 Å². The lowest BCUT2D eigenvalue weighted by Crippen LogP contribution is -2.44. The van der Waals surface area contributed by atoms with Crippen LogP contribution in [0.25, 0.3) is 0 Å². The van der Waals surface area contributed by atoms with E-state index in [1.165, 1.54) is 25.7 Å². The summed E-state index contributed by atoms with van der Waals surface area (Å²) < 4.78 is 11.2. The van der Waals surface area contributed by atoms with Gasteiger partial charge in [0.25, 0.3) is 0 Å². The van der Waals surface area contributed by atoms with Crippen molar-refractivity contribution in [2.45, 2.75) is 77.0 Å². The molecule has 7 nitrogen and oxygen atoms in total. The van der Waals surface area contributed by atoms with Gasteiger partial charge in [0, 0.05) is 33.3 Å². The van der Waals surface area contributed by atoms with Crippen LogP contribution in [0.3, 0.4) is 0 Å². The SMILES string of the molecule is CN=C(NCCCOC1CCCC1)N1CCC(NC(=O)OC(C)(C)C)C1.I. The highest BCUT2D eigenvalue weighted by Gasteiger charge is 2.27.